The first-order valence-corrected chi connectivity index (χ1v) is 5.80. The molecular weight excluding hydrogens is 220 g/mol. The van der Waals surface area contributed by atoms with Crippen LogP contribution in [0.1, 0.15) is 25.7 Å². The third kappa shape index (κ3) is 4.87. The fourth-order valence-electron chi connectivity index (χ4n) is 2.07. The van der Waals surface area contributed by atoms with E-state index >= 15 is 0 Å². The molecule has 0 aromatic rings. The number of rotatable bonds is 5. The third-order valence-corrected chi connectivity index (χ3v) is 2.90. The summed E-state index contributed by atoms with van der Waals surface area (Å²) in [6.45, 7) is 0.536. The highest BCUT2D eigenvalue weighted by molar-refractivity contribution is 5.78. The Morgan fingerprint density at radius 2 is 2.18 bits per heavy atom. The van der Waals surface area contributed by atoms with Crippen molar-refractivity contribution in [2.24, 2.45) is 5.92 Å². The molecule has 3 N–H and O–H groups in total. The first-order chi connectivity index (χ1) is 8.13. The van der Waals surface area contributed by atoms with Gasteiger partial charge in [-0.05, 0) is 19.3 Å². The lowest BCUT2D eigenvalue weighted by Gasteiger charge is -2.27. The molecule has 1 saturated carbocycles. The van der Waals surface area contributed by atoms with Gasteiger partial charge in [0.1, 0.15) is 0 Å². The van der Waals surface area contributed by atoms with Crippen molar-refractivity contribution in [3.63, 3.8) is 0 Å². The van der Waals surface area contributed by atoms with Crippen molar-refractivity contribution in [1.82, 2.24) is 10.6 Å². The highest BCUT2D eigenvalue weighted by Crippen LogP contribution is 2.24. The van der Waals surface area contributed by atoms with Crippen molar-refractivity contribution in [2.75, 3.05) is 13.1 Å². The number of hydrogen-bond acceptors (Lipinski definition) is 3. The molecule has 94 valence electrons. The molecule has 17 heavy (non-hydrogen) atoms. The molecule has 0 bridgehead atoms. The van der Waals surface area contributed by atoms with Crippen LogP contribution >= 0.6 is 0 Å². The number of terminal acetylenes is 1. The summed E-state index contributed by atoms with van der Waals surface area (Å²) >= 11 is 0. The van der Waals surface area contributed by atoms with Gasteiger partial charge in [-0.2, -0.15) is 0 Å². The van der Waals surface area contributed by atoms with E-state index in [4.69, 9.17) is 11.5 Å². The van der Waals surface area contributed by atoms with Gasteiger partial charge in [0.2, 0.25) is 5.91 Å². The summed E-state index contributed by atoms with van der Waals surface area (Å²) in [6, 6.07) is -0.0232. The summed E-state index contributed by atoms with van der Waals surface area (Å²) in [7, 11) is 0. The van der Waals surface area contributed by atoms with E-state index in [9.17, 15) is 9.59 Å². The summed E-state index contributed by atoms with van der Waals surface area (Å²) in [5, 5.41) is 14.5. The molecule has 0 heterocycles. The van der Waals surface area contributed by atoms with Gasteiger partial charge in [0.05, 0.1) is 19.0 Å². The SMILES string of the molecule is C#CCNCC(=O)NC1CCCC(C(=O)O)C1. The second kappa shape index (κ2) is 6.92. The Bertz CT molecular complexity index is 322. The summed E-state index contributed by atoms with van der Waals surface area (Å²) in [5.41, 5.74) is 0. The second-order valence-electron chi connectivity index (χ2n) is 4.27. The van der Waals surface area contributed by atoms with Crippen molar-refractivity contribution in [1.29, 1.82) is 0 Å². The van der Waals surface area contributed by atoms with Crippen molar-refractivity contribution < 1.29 is 14.7 Å². The normalized spacial score (nSPS) is 23.7. The summed E-state index contributed by atoms with van der Waals surface area (Å²) < 4.78 is 0. The smallest absolute Gasteiger partial charge is 0.306 e. The van der Waals surface area contributed by atoms with Gasteiger partial charge in [-0.15, -0.1) is 6.42 Å². The Hall–Kier alpha value is -1.54. The average Bonchev–Trinajstić information content (AvgIpc) is 2.29. The van der Waals surface area contributed by atoms with Gasteiger partial charge in [0, 0.05) is 6.04 Å². The lowest BCUT2D eigenvalue weighted by atomic mass is 9.86. The molecule has 0 spiro atoms. The zero-order valence-corrected chi connectivity index (χ0v) is 9.74. The van der Waals surface area contributed by atoms with Crippen molar-refractivity contribution in [2.45, 2.75) is 31.7 Å². The number of carboxylic acid groups (broad SMARTS) is 1. The van der Waals surface area contributed by atoms with Gasteiger partial charge in [-0.1, -0.05) is 12.3 Å². The van der Waals surface area contributed by atoms with E-state index < -0.39 is 5.97 Å². The molecule has 2 unspecified atom stereocenters. The topological polar surface area (TPSA) is 78.4 Å². The van der Waals surface area contributed by atoms with E-state index in [1.165, 1.54) is 0 Å². The highest BCUT2D eigenvalue weighted by atomic mass is 16.4. The van der Waals surface area contributed by atoms with Gasteiger partial charge in [0.25, 0.3) is 0 Å². The lowest BCUT2D eigenvalue weighted by Crippen LogP contribution is -2.43. The van der Waals surface area contributed by atoms with Crippen molar-refractivity contribution >= 4 is 11.9 Å². The Kier molecular flexibility index (Phi) is 5.50. The van der Waals surface area contributed by atoms with E-state index in [0.29, 0.717) is 19.4 Å². The van der Waals surface area contributed by atoms with Crippen LogP contribution < -0.4 is 10.6 Å². The van der Waals surface area contributed by atoms with Crippen LogP contribution in [-0.2, 0) is 9.59 Å². The second-order valence-corrected chi connectivity index (χ2v) is 4.27. The van der Waals surface area contributed by atoms with Crippen LogP contribution in [0.15, 0.2) is 0 Å². The fourth-order valence-corrected chi connectivity index (χ4v) is 2.07. The maximum absolute atomic E-state index is 11.5. The zero-order valence-electron chi connectivity index (χ0n) is 9.74. The number of nitrogens with one attached hydrogen (secondary N) is 2. The molecule has 1 aliphatic rings. The fraction of sp³-hybridized carbons (Fsp3) is 0.667. The molecule has 1 amide bonds. The summed E-state index contributed by atoms with van der Waals surface area (Å²) in [6.07, 6.45) is 7.97. The van der Waals surface area contributed by atoms with Gasteiger partial charge >= 0.3 is 5.97 Å². The summed E-state index contributed by atoms with van der Waals surface area (Å²) in [4.78, 5) is 22.3. The van der Waals surface area contributed by atoms with Crippen LogP contribution in [-0.4, -0.2) is 36.1 Å². The number of carboxylic acids is 1. The Labute approximate surface area is 101 Å². The van der Waals surface area contributed by atoms with Crippen LogP contribution in [0.4, 0.5) is 0 Å². The maximum atomic E-state index is 11.5. The van der Waals surface area contributed by atoms with Gasteiger partial charge in [-0.25, -0.2) is 0 Å². The van der Waals surface area contributed by atoms with E-state index in [1.807, 2.05) is 0 Å². The molecule has 1 aliphatic carbocycles. The third-order valence-electron chi connectivity index (χ3n) is 2.90. The number of aliphatic carboxylic acids is 1. The largest absolute Gasteiger partial charge is 0.481 e. The molecule has 0 aliphatic heterocycles. The molecule has 5 nitrogen and oxygen atoms in total. The van der Waals surface area contributed by atoms with E-state index in [0.717, 1.165) is 12.8 Å². The molecular formula is C12H18N2O3. The van der Waals surface area contributed by atoms with Crippen LogP contribution in [0.2, 0.25) is 0 Å². The Balaban J connectivity index is 2.28. The minimum Gasteiger partial charge on any atom is -0.481 e. The number of carbonyl (C=O) groups is 2. The van der Waals surface area contributed by atoms with Gasteiger partial charge < -0.3 is 10.4 Å². The first kappa shape index (κ1) is 13.5. The quantitative estimate of drug-likeness (QED) is 0.464. The van der Waals surface area contributed by atoms with Crippen LogP contribution in [0.5, 0.6) is 0 Å². The maximum Gasteiger partial charge on any atom is 0.306 e. The first-order valence-electron chi connectivity index (χ1n) is 5.80. The molecule has 2 atom stereocenters. The van der Waals surface area contributed by atoms with Crippen LogP contribution in [0.3, 0.4) is 0 Å². The zero-order chi connectivity index (χ0) is 12.7. The number of hydrogen-bond donors (Lipinski definition) is 3. The molecule has 5 heteroatoms. The Morgan fingerprint density at radius 1 is 1.41 bits per heavy atom. The summed E-state index contributed by atoms with van der Waals surface area (Å²) in [5.74, 6) is 1.16. The van der Waals surface area contributed by atoms with Crippen LogP contribution in [0.25, 0.3) is 0 Å². The lowest BCUT2D eigenvalue weighted by molar-refractivity contribution is -0.143. The van der Waals surface area contributed by atoms with Gasteiger partial charge in [-0.3, -0.25) is 14.9 Å². The van der Waals surface area contributed by atoms with E-state index in [1.54, 1.807) is 0 Å². The highest BCUT2D eigenvalue weighted by Gasteiger charge is 2.27. The molecule has 1 rings (SSSR count). The van der Waals surface area contributed by atoms with E-state index in [-0.39, 0.29) is 24.4 Å². The number of amides is 1. The predicted octanol–water partition coefficient (Wildman–Crippen LogP) is -0.0312. The minimum absolute atomic E-state index is 0.0232. The molecule has 1 fully saturated rings. The number of carbonyl (C=O) groups excluding carboxylic acids is 1. The molecule has 0 aromatic carbocycles. The molecule has 0 radical (unpaired) electrons. The minimum atomic E-state index is -0.769. The van der Waals surface area contributed by atoms with Gasteiger partial charge in [0.15, 0.2) is 0 Å². The van der Waals surface area contributed by atoms with E-state index in [2.05, 4.69) is 16.6 Å². The predicted molar refractivity (Wildman–Crippen MR) is 63.2 cm³/mol. The van der Waals surface area contributed by atoms with Crippen molar-refractivity contribution in [3.8, 4) is 12.3 Å². The molecule has 0 aromatic heterocycles. The standard InChI is InChI=1S/C12H18N2O3/c1-2-6-13-8-11(15)14-10-5-3-4-9(7-10)12(16)17/h1,9-10,13H,3-8H2,(H,14,15)(H,16,17). The van der Waals surface area contributed by atoms with Crippen molar-refractivity contribution in [3.05, 3.63) is 0 Å². The average molecular weight is 238 g/mol. The molecule has 0 saturated heterocycles. The monoisotopic (exact) mass is 238 g/mol. The van der Waals surface area contributed by atoms with Crippen LogP contribution in [0, 0.1) is 18.3 Å². The Morgan fingerprint density at radius 3 is 2.82 bits per heavy atom.